The number of nitrogens with one attached hydrogen (secondary N) is 1. The zero-order chi connectivity index (χ0) is 17.3. The maximum Gasteiger partial charge on any atom is 0.261 e. The maximum atomic E-state index is 13.1. The summed E-state index contributed by atoms with van der Waals surface area (Å²) in [5.41, 5.74) is 0.975. The fraction of sp³-hybridized carbons (Fsp3) is 0.667. The van der Waals surface area contributed by atoms with Gasteiger partial charge < -0.3 is 14.6 Å². The van der Waals surface area contributed by atoms with Crippen molar-refractivity contribution >= 4 is 17.5 Å². The summed E-state index contributed by atoms with van der Waals surface area (Å²) in [6.45, 7) is 5.49. The van der Waals surface area contributed by atoms with Crippen molar-refractivity contribution < 1.29 is 9.53 Å². The van der Waals surface area contributed by atoms with E-state index in [-0.39, 0.29) is 23.1 Å². The van der Waals surface area contributed by atoms with Crippen LogP contribution in [0.2, 0.25) is 5.02 Å². The molecule has 1 aromatic rings. The summed E-state index contributed by atoms with van der Waals surface area (Å²) in [5, 5.41) is 0.457. The average molecular weight is 353 g/mol. The van der Waals surface area contributed by atoms with E-state index in [4.69, 9.17) is 16.3 Å². The Labute approximate surface area is 147 Å². The summed E-state index contributed by atoms with van der Waals surface area (Å²) in [6, 6.07) is 0. The molecule has 1 aliphatic heterocycles. The molecule has 0 bridgehead atoms. The Morgan fingerprint density at radius 3 is 2.58 bits per heavy atom. The molecule has 132 valence electrons. The van der Waals surface area contributed by atoms with E-state index >= 15 is 0 Å². The number of carbonyl (C=O) groups excluding carboxylic acids is 1. The van der Waals surface area contributed by atoms with E-state index in [1.807, 2.05) is 4.90 Å². The van der Waals surface area contributed by atoms with Gasteiger partial charge in [0.2, 0.25) is 0 Å². The molecule has 2 aliphatic rings. The fourth-order valence-electron chi connectivity index (χ4n) is 3.53. The summed E-state index contributed by atoms with van der Waals surface area (Å²) >= 11 is 6.25. The largest absolute Gasteiger partial charge is 0.376 e. The van der Waals surface area contributed by atoms with Gasteiger partial charge in [-0.1, -0.05) is 18.0 Å². The number of halogens is 1. The molecule has 0 aromatic carbocycles. The van der Waals surface area contributed by atoms with Gasteiger partial charge in [0.25, 0.3) is 11.5 Å². The van der Waals surface area contributed by atoms with Gasteiger partial charge in [0.1, 0.15) is 5.56 Å². The third kappa shape index (κ3) is 3.52. The molecule has 0 radical (unpaired) electrons. The van der Waals surface area contributed by atoms with E-state index in [9.17, 15) is 9.59 Å². The quantitative estimate of drug-likeness (QED) is 0.885. The minimum absolute atomic E-state index is 0.0781. The van der Waals surface area contributed by atoms with Gasteiger partial charge in [-0.25, -0.2) is 0 Å². The highest BCUT2D eigenvalue weighted by Gasteiger charge is 2.30. The Balaban J connectivity index is 1.87. The van der Waals surface area contributed by atoms with Crippen molar-refractivity contribution in [2.75, 3.05) is 19.7 Å². The van der Waals surface area contributed by atoms with E-state index in [1.165, 1.54) is 6.42 Å². The second kappa shape index (κ2) is 7.28. The van der Waals surface area contributed by atoms with Crippen molar-refractivity contribution in [3.05, 3.63) is 32.2 Å². The fourth-order valence-corrected chi connectivity index (χ4v) is 3.67. The molecule has 3 rings (SSSR count). The topological polar surface area (TPSA) is 62.4 Å². The summed E-state index contributed by atoms with van der Waals surface area (Å²) in [4.78, 5) is 30.0. The zero-order valence-electron chi connectivity index (χ0n) is 14.4. The van der Waals surface area contributed by atoms with Crippen molar-refractivity contribution in [2.24, 2.45) is 5.92 Å². The van der Waals surface area contributed by atoms with Crippen molar-refractivity contribution in [1.29, 1.82) is 0 Å². The number of aryl methyl sites for hydroxylation is 1. The van der Waals surface area contributed by atoms with Crippen molar-refractivity contribution in [2.45, 2.75) is 52.1 Å². The molecule has 1 amide bonds. The third-order valence-electron chi connectivity index (χ3n) is 5.21. The lowest BCUT2D eigenvalue weighted by Gasteiger charge is -2.33. The molecule has 2 fully saturated rings. The molecule has 5 nitrogen and oxygen atoms in total. The van der Waals surface area contributed by atoms with Crippen LogP contribution in [0.3, 0.4) is 0 Å². The van der Waals surface area contributed by atoms with Gasteiger partial charge in [-0.15, -0.1) is 0 Å². The highest BCUT2D eigenvalue weighted by atomic mass is 35.5. The van der Waals surface area contributed by atoms with Gasteiger partial charge in [0.15, 0.2) is 0 Å². The van der Waals surface area contributed by atoms with E-state index in [0.717, 1.165) is 32.3 Å². The second-order valence-corrected chi connectivity index (χ2v) is 7.41. The smallest absolute Gasteiger partial charge is 0.261 e. The lowest BCUT2D eigenvalue weighted by Crippen LogP contribution is -2.44. The molecule has 6 heteroatoms. The van der Waals surface area contributed by atoms with Crippen LogP contribution in [0.4, 0.5) is 0 Å². The number of amides is 1. The SMILES string of the molecule is Cc1[nH]c(=O)c(C(=O)N(CC2CCC2)C[C@@H]2CCCO2)c(C)c1Cl. The van der Waals surface area contributed by atoms with Crippen LogP contribution in [0, 0.1) is 19.8 Å². The minimum Gasteiger partial charge on any atom is -0.376 e. The molecule has 1 aliphatic carbocycles. The predicted molar refractivity (Wildman–Crippen MR) is 93.8 cm³/mol. The molecule has 0 spiro atoms. The molecule has 1 saturated carbocycles. The molecule has 24 heavy (non-hydrogen) atoms. The van der Waals surface area contributed by atoms with Crippen molar-refractivity contribution in [3.8, 4) is 0 Å². The van der Waals surface area contributed by atoms with E-state index in [2.05, 4.69) is 4.98 Å². The van der Waals surface area contributed by atoms with Crippen LogP contribution in [0.5, 0.6) is 0 Å². The maximum absolute atomic E-state index is 13.1. The van der Waals surface area contributed by atoms with Gasteiger partial charge in [-0.2, -0.15) is 0 Å². The number of carbonyl (C=O) groups is 1. The van der Waals surface area contributed by atoms with Crippen molar-refractivity contribution in [1.82, 2.24) is 9.88 Å². The molecular weight excluding hydrogens is 328 g/mol. The number of ether oxygens (including phenoxy) is 1. The number of hydrogen-bond donors (Lipinski definition) is 1. The van der Waals surface area contributed by atoms with Crippen LogP contribution in [-0.2, 0) is 4.74 Å². The molecule has 1 atom stereocenters. The van der Waals surface area contributed by atoms with Gasteiger partial charge in [-0.3, -0.25) is 9.59 Å². The highest BCUT2D eigenvalue weighted by molar-refractivity contribution is 6.32. The Morgan fingerprint density at radius 2 is 2.00 bits per heavy atom. The van der Waals surface area contributed by atoms with Gasteiger partial charge in [-0.05, 0) is 51.0 Å². The Hall–Kier alpha value is -1.33. The number of pyridine rings is 1. The average Bonchev–Trinajstić information content (AvgIpc) is 3.00. The summed E-state index contributed by atoms with van der Waals surface area (Å²) < 4.78 is 5.70. The number of H-pyrrole nitrogens is 1. The van der Waals surface area contributed by atoms with Crippen LogP contribution in [0.15, 0.2) is 4.79 Å². The second-order valence-electron chi connectivity index (χ2n) is 7.04. The van der Waals surface area contributed by atoms with Crippen molar-refractivity contribution in [3.63, 3.8) is 0 Å². The number of aromatic amines is 1. The molecule has 1 saturated heterocycles. The highest BCUT2D eigenvalue weighted by Crippen LogP contribution is 2.29. The van der Waals surface area contributed by atoms with E-state index in [0.29, 0.717) is 35.3 Å². The van der Waals surface area contributed by atoms with E-state index < -0.39 is 0 Å². The number of nitrogens with zero attached hydrogens (tertiary/aromatic N) is 1. The first-order valence-electron chi connectivity index (χ1n) is 8.77. The zero-order valence-corrected chi connectivity index (χ0v) is 15.1. The normalized spacial score (nSPS) is 20.9. The third-order valence-corrected chi connectivity index (χ3v) is 5.78. The predicted octanol–water partition coefficient (Wildman–Crippen LogP) is 3.07. The summed E-state index contributed by atoms with van der Waals surface area (Å²) in [6.07, 6.45) is 5.61. The first-order valence-corrected chi connectivity index (χ1v) is 9.15. The molecule has 0 unspecified atom stereocenters. The molecule has 1 N–H and O–H groups in total. The number of rotatable bonds is 5. The van der Waals surface area contributed by atoms with Crippen LogP contribution < -0.4 is 5.56 Å². The Bertz CT molecular complexity index is 676. The van der Waals surface area contributed by atoms with Gasteiger partial charge in [0.05, 0.1) is 11.1 Å². The van der Waals surface area contributed by atoms with Crippen LogP contribution in [-0.4, -0.2) is 41.6 Å². The van der Waals surface area contributed by atoms with Crippen LogP contribution in [0.1, 0.15) is 53.7 Å². The van der Waals surface area contributed by atoms with Gasteiger partial charge in [0, 0.05) is 25.4 Å². The lowest BCUT2D eigenvalue weighted by atomic mass is 9.85. The molecule has 2 heterocycles. The first-order chi connectivity index (χ1) is 11.5. The Morgan fingerprint density at radius 1 is 1.25 bits per heavy atom. The monoisotopic (exact) mass is 352 g/mol. The first kappa shape index (κ1) is 17.5. The van der Waals surface area contributed by atoms with Gasteiger partial charge >= 0.3 is 0 Å². The number of hydrogen-bond acceptors (Lipinski definition) is 3. The summed E-state index contributed by atoms with van der Waals surface area (Å²) in [7, 11) is 0. The van der Waals surface area contributed by atoms with E-state index in [1.54, 1.807) is 13.8 Å². The summed E-state index contributed by atoms with van der Waals surface area (Å²) in [5.74, 6) is 0.314. The van der Waals surface area contributed by atoms with Crippen LogP contribution >= 0.6 is 11.6 Å². The Kier molecular flexibility index (Phi) is 5.30. The number of aromatic nitrogens is 1. The lowest BCUT2D eigenvalue weighted by molar-refractivity contribution is 0.0446. The van der Waals surface area contributed by atoms with Crippen LogP contribution in [0.25, 0.3) is 0 Å². The molecule has 1 aromatic heterocycles. The standard InChI is InChI=1S/C18H25ClN2O3/c1-11-15(17(22)20-12(2)16(11)19)18(23)21(9-13-5-3-6-13)10-14-7-4-8-24-14/h13-14H,3-10H2,1-2H3,(H,20,22)/t14-/m0/s1. The minimum atomic E-state index is -0.356. The molecular formula is C18H25ClN2O3.